The predicted octanol–water partition coefficient (Wildman–Crippen LogP) is 2.60. The molecule has 0 fully saturated rings. The molecule has 1 rings (SSSR count). The van der Waals surface area contributed by atoms with Gasteiger partial charge in [0.2, 0.25) is 0 Å². The first kappa shape index (κ1) is 9.39. The Morgan fingerprint density at radius 3 is 2.50 bits per heavy atom. The van der Waals surface area contributed by atoms with Crippen molar-refractivity contribution in [1.29, 1.82) is 0 Å². The summed E-state index contributed by atoms with van der Waals surface area (Å²) in [4.78, 5) is 0. The number of aromatic nitrogens is 1. The van der Waals surface area contributed by atoms with E-state index in [-0.39, 0.29) is 11.2 Å². The molecule has 3 nitrogen and oxygen atoms in total. The Hall–Kier alpha value is -0.700. The maximum Gasteiger partial charge on any atom is 0.186 e. The normalized spacial score (nSPS) is 12.0. The molecule has 1 aromatic heterocycles. The molecular weight excluding hydrogens is 176 g/mol. The lowest BCUT2D eigenvalue weighted by atomic mass is 9.87. The van der Waals surface area contributed by atoms with Crippen LogP contribution in [0.1, 0.15) is 33.0 Å². The molecule has 0 atom stereocenters. The Labute approximate surface area is 76.9 Å². The van der Waals surface area contributed by atoms with Crippen molar-refractivity contribution in [3.63, 3.8) is 0 Å². The molecule has 0 radical (unpaired) electrons. The van der Waals surface area contributed by atoms with Crippen LogP contribution in [0.4, 0.5) is 5.82 Å². The standard InChI is InChI=1S/C8H13ClN2O/c1-4-8(2,3)6-5(9)7(10)11-12-6/h4H2,1-3H3,(H2,10,11). The summed E-state index contributed by atoms with van der Waals surface area (Å²) in [5.74, 6) is 0.942. The Balaban J connectivity index is 3.11. The number of nitrogen functional groups attached to an aromatic ring is 1. The third-order valence-electron chi connectivity index (χ3n) is 2.16. The van der Waals surface area contributed by atoms with Crippen LogP contribution in [0.15, 0.2) is 4.52 Å². The topological polar surface area (TPSA) is 52.0 Å². The number of hydrogen-bond donors (Lipinski definition) is 1. The number of rotatable bonds is 2. The van der Waals surface area contributed by atoms with Gasteiger partial charge in [-0.1, -0.05) is 37.5 Å². The minimum Gasteiger partial charge on any atom is -0.380 e. The second kappa shape index (κ2) is 2.98. The Morgan fingerprint density at radius 1 is 1.58 bits per heavy atom. The molecule has 0 saturated heterocycles. The minimum atomic E-state index is -0.0955. The van der Waals surface area contributed by atoms with Crippen molar-refractivity contribution in [3.8, 4) is 0 Å². The average Bonchev–Trinajstić information content (AvgIpc) is 2.33. The molecule has 1 heterocycles. The Kier molecular flexibility index (Phi) is 2.33. The molecule has 0 bridgehead atoms. The fourth-order valence-electron chi connectivity index (χ4n) is 0.872. The van der Waals surface area contributed by atoms with Crippen LogP contribution in [0, 0.1) is 0 Å². The van der Waals surface area contributed by atoms with E-state index in [2.05, 4.69) is 12.1 Å². The second-order valence-corrected chi connectivity index (χ2v) is 3.83. The van der Waals surface area contributed by atoms with Gasteiger partial charge in [0.15, 0.2) is 11.6 Å². The zero-order valence-corrected chi connectivity index (χ0v) is 8.27. The molecule has 0 spiro atoms. The number of anilines is 1. The first-order valence-corrected chi connectivity index (χ1v) is 4.28. The maximum absolute atomic E-state index is 5.89. The van der Waals surface area contributed by atoms with Crippen molar-refractivity contribution in [3.05, 3.63) is 10.8 Å². The van der Waals surface area contributed by atoms with Crippen molar-refractivity contribution < 1.29 is 4.52 Å². The summed E-state index contributed by atoms with van der Waals surface area (Å²) < 4.78 is 5.04. The van der Waals surface area contributed by atoms with Crippen LogP contribution in [-0.2, 0) is 5.41 Å². The summed E-state index contributed by atoms with van der Waals surface area (Å²) in [6.07, 6.45) is 0.932. The minimum absolute atomic E-state index is 0.0955. The van der Waals surface area contributed by atoms with Crippen molar-refractivity contribution >= 4 is 17.4 Å². The third kappa shape index (κ3) is 1.41. The van der Waals surface area contributed by atoms with Crippen LogP contribution in [0.25, 0.3) is 0 Å². The third-order valence-corrected chi connectivity index (χ3v) is 2.52. The Bertz CT molecular complexity index is 281. The molecule has 0 aliphatic carbocycles. The second-order valence-electron chi connectivity index (χ2n) is 3.45. The van der Waals surface area contributed by atoms with E-state index in [4.69, 9.17) is 21.9 Å². The van der Waals surface area contributed by atoms with Gasteiger partial charge in [-0.2, -0.15) is 0 Å². The molecule has 0 saturated carbocycles. The predicted molar refractivity (Wildman–Crippen MR) is 49.2 cm³/mol. The van der Waals surface area contributed by atoms with Crippen LogP contribution in [-0.4, -0.2) is 5.16 Å². The van der Waals surface area contributed by atoms with E-state index in [1.165, 1.54) is 0 Å². The summed E-state index contributed by atoms with van der Waals surface area (Å²) in [5.41, 5.74) is 5.36. The van der Waals surface area contributed by atoms with E-state index >= 15 is 0 Å². The van der Waals surface area contributed by atoms with Gasteiger partial charge in [-0.3, -0.25) is 0 Å². The van der Waals surface area contributed by atoms with Crippen molar-refractivity contribution in [1.82, 2.24) is 5.16 Å². The van der Waals surface area contributed by atoms with Gasteiger partial charge < -0.3 is 10.3 Å². The average molecular weight is 189 g/mol. The highest BCUT2D eigenvalue weighted by molar-refractivity contribution is 6.33. The van der Waals surface area contributed by atoms with Crippen LogP contribution in [0.2, 0.25) is 5.02 Å². The van der Waals surface area contributed by atoms with Gasteiger partial charge >= 0.3 is 0 Å². The van der Waals surface area contributed by atoms with E-state index in [1.807, 2.05) is 13.8 Å². The zero-order valence-electron chi connectivity index (χ0n) is 7.52. The Morgan fingerprint density at radius 2 is 2.17 bits per heavy atom. The molecule has 0 aromatic carbocycles. The van der Waals surface area contributed by atoms with E-state index in [1.54, 1.807) is 0 Å². The molecule has 0 amide bonds. The monoisotopic (exact) mass is 188 g/mol. The van der Waals surface area contributed by atoms with Gasteiger partial charge in [0.1, 0.15) is 5.02 Å². The quantitative estimate of drug-likeness (QED) is 0.776. The fraction of sp³-hybridized carbons (Fsp3) is 0.625. The largest absolute Gasteiger partial charge is 0.380 e. The lowest BCUT2D eigenvalue weighted by Crippen LogP contribution is -2.14. The highest BCUT2D eigenvalue weighted by Gasteiger charge is 2.27. The summed E-state index contributed by atoms with van der Waals surface area (Å²) in [7, 11) is 0. The number of nitrogens with two attached hydrogens (primary N) is 1. The maximum atomic E-state index is 5.89. The van der Waals surface area contributed by atoms with Gasteiger partial charge in [0.05, 0.1) is 0 Å². The lowest BCUT2D eigenvalue weighted by Gasteiger charge is -2.18. The fourth-order valence-corrected chi connectivity index (χ4v) is 1.20. The molecule has 0 unspecified atom stereocenters. The van der Waals surface area contributed by atoms with Crippen LogP contribution in [0.5, 0.6) is 0 Å². The highest BCUT2D eigenvalue weighted by Crippen LogP contribution is 2.35. The molecule has 0 aliphatic rings. The molecule has 0 aliphatic heterocycles. The number of hydrogen-bond acceptors (Lipinski definition) is 3. The van der Waals surface area contributed by atoms with Crippen LogP contribution >= 0.6 is 11.6 Å². The van der Waals surface area contributed by atoms with Crippen molar-refractivity contribution in [2.75, 3.05) is 5.73 Å². The van der Waals surface area contributed by atoms with E-state index in [0.29, 0.717) is 10.8 Å². The van der Waals surface area contributed by atoms with E-state index in [0.717, 1.165) is 6.42 Å². The highest BCUT2D eigenvalue weighted by atomic mass is 35.5. The summed E-state index contributed by atoms with van der Waals surface area (Å²) in [6, 6.07) is 0. The van der Waals surface area contributed by atoms with E-state index in [9.17, 15) is 0 Å². The van der Waals surface area contributed by atoms with Gasteiger partial charge in [-0.15, -0.1) is 0 Å². The lowest BCUT2D eigenvalue weighted by molar-refractivity contribution is 0.312. The first-order valence-electron chi connectivity index (χ1n) is 3.90. The summed E-state index contributed by atoms with van der Waals surface area (Å²) in [5, 5.41) is 4.05. The molecular formula is C8H13ClN2O. The molecule has 2 N–H and O–H groups in total. The smallest absolute Gasteiger partial charge is 0.186 e. The molecule has 68 valence electrons. The number of halogens is 1. The van der Waals surface area contributed by atoms with Gasteiger partial charge in [0.25, 0.3) is 0 Å². The van der Waals surface area contributed by atoms with Gasteiger partial charge in [-0.25, -0.2) is 0 Å². The van der Waals surface area contributed by atoms with Crippen LogP contribution in [0.3, 0.4) is 0 Å². The SMILES string of the molecule is CCC(C)(C)c1onc(N)c1Cl. The summed E-state index contributed by atoms with van der Waals surface area (Å²) >= 11 is 5.89. The first-order chi connectivity index (χ1) is 5.49. The van der Waals surface area contributed by atoms with Gasteiger partial charge in [0, 0.05) is 5.41 Å². The van der Waals surface area contributed by atoms with Crippen LogP contribution < -0.4 is 5.73 Å². The molecule has 4 heteroatoms. The summed E-state index contributed by atoms with van der Waals surface area (Å²) in [6.45, 7) is 6.15. The van der Waals surface area contributed by atoms with Crippen molar-refractivity contribution in [2.45, 2.75) is 32.6 Å². The zero-order chi connectivity index (χ0) is 9.35. The van der Waals surface area contributed by atoms with Crippen molar-refractivity contribution in [2.24, 2.45) is 0 Å². The van der Waals surface area contributed by atoms with Gasteiger partial charge in [-0.05, 0) is 6.42 Å². The van der Waals surface area contributed by atoms with E-state index < -0.39 is 0 Å². The molecule has 12 heavy (non-hydrogen) atoms. The molecule has 1 aromatic rings. The number of nitrogens with zero attached hydrogens (tertiary/aromatic N) is 1.